The van der Waals surface area contributed by atoms with Crippen molar-refractivity contribution in [2.45, 2.75) is 13.8 Å². The van der Waals surface area contributed by atoms with Crippen molar-refractivity contribution >= 4 is 17.8 Å². The van der Waals surface area contributed by atoms with Gasteiger partial charge < -0.3 is 10.0 Å². The van der Waals surface area contributed by atoms with Gasteiger partial charge in [0.25, 0.3) is 5.91 Å². The lowest BCUT2D eigenvalue weighted by Gasteiger charge is -2.20. The number of aliphatic hydroxyl groups is 1. The Morgan fingerprint density at radius 2 is 1.94 bits per heavy atom. The SMILES string of the molecule is CCN(CC)c1ccc(/C=N/NC(=O)CO)cc1. The Balaban J connectivity index is 2.62. The molecular formula is C13H19N3O2. The second-order valence-corrected chi connectivity index (χ2v) is 3.72. The number of carbonyl (C=O) groups is 1. The van der Waals surface area contributed by atoms with Crippen LogP contribution in [0.15, 0.2) is 29.4 Å². The zero-order chi connectivity index (χ0) is 13.4. The molecule has 0 fully saturated rings. The summed E-state index contributed by atoms with van der Waals surface area (Å²) < 4.78 is 0. The monoisotopic (exact) mass is 249 g/mol. The molecule has 18 heavy (non-hydrogen) atoms. The van der Waals surface area contributed by atoms with Gasteiger partial charge in [-0.1, -0.05) is 12.1 Å². The molecule has 0 spiro atoms. The molecule has 0 heterocycles. The van der Waals surface area contributed by atoms with E-state index in [4.69, 9.17) is 5.11 Å². The number of nitrogens with zero attached hydrogens (tertiary/aromatic N) is 2. The van der Waals surface area contributed by atoms with E-state index in [-0.39, 0.29) is 0 Å². The Labute approximate surface area is 107 Å². The molecule has 0 saturated heterocycles. The number of rotatable bonds is 6. The van der Waals surface area contributed by atoms with E-state index in [9.17, 15) is 4.79 Å². The van der Waals surface area contributed by atoms with E-state index in [0.717, 1.165) is 24.3 Å². The van der Waals surface area contributed by atoms with E-state index < -0.39 is 12.5 Å². The van der Waals surface area contributed by atoms with Crippen LogP contribution in [0.3, 0.4) is 0 Å². The molecule has 0 bridgehead atoms. The Bertz CT molecular complexity index is 397. The van der Waals surface area contributed by atoms with Crippen molar-refractivity contribution in [2.75, 3.05) is 24.6 Å². The fourth-order valence-corrected chi connectivity index (χ4v) is 1.57. The molecule has 5 heteroatoms. The molecule has 1 aromatic carbocycles. The fraction of sp³-hybridized carbons (Fsp3) is 0.385. The van der Waals surface area contributed by atoms with Gasteiger partial charge in [0.1, 0.15) is 6.61 Å². The summed E-state index contributed by atoms with van der Waals surface area (Å²) >= 11 is 0. The Morgan fingerprint density at radius 1 is 1.33 bits per heavy atom. The van der Waals surface area contributed by atoms with Gasteiger partial charge in [0.2, 0.25) is 0 Å². The first-order valence-electron chi connectivity index (χ1n) is 5.99. The van der Waals surface area contributed by atoms with E-state index in [1.54, 1.807) is 6.21 Å². The van der Waals surface area contributed by atoms with Gasteiger partial charge in [0.15, 0.2) is 0 Å². The third-order valence-electron chi connectivity index (χ3n) is 2.57. The number of hydrazone groups is 1. The molecule has 1 amide bonds. The highest BCUT2D eigenvalue weighted by Gasteiger charge is 2.00. The molecule has 1 rings (SSSR count). The topological polar surface area (TPSA) is 64.9 Å². The van der Waals surface area contributed by atoms with Crippen LogP contribution in [-0.2, 0) is 4.79 Å². The van der Waals surface area contributed by atoms with Crippen LogP contribution in [0.1, 0.15) is 19.4 Å². The van der Waals surface area contributed by atoms with Gasteiger partial charge in [-0.3, -0.25) is 4.79 Å². The first kappa shape index (κ1) is 14.2. The van der Waals surface area contributed by atoms with Gasteiger partial charge in [-0.05, 0) is 31.5 Å². The number of hydrogen-bond donors (Lipinski definition) is 2. The standard InChI is InChI=1S/C13H19N3O2/c1-3-16(4-2)12-7-5-11(6-8-12)9-14-15-13(18)10-17/h5-9,17H,3-4,10H2,1-2H3,(H,15,18)/b14-9+. The minimum Gasteiger partial charge on any atom is -0.386 e. The predicted octanol–water partition coefficient (Wildman–Crippen LogP) is 0.975. The quantitative estimate of drug-likeness (QED) is 0.583. The Hall–Kier alpha value is -1.88. The highest BCUT2D eigenvalue weighted by molar-refractivity contribution is 5.83. The zero-order valence-electron chi connectivity index (χ0n) is 10.8. The maximum Gasteiger partial charge on any atom is 0.265 e. The molecule has 0 aliphatic heterocycles. The minimum atomic E-state index is -0.557. The lowest BCUT2D eigenvalue weighted by Crippen LogP contribution is -2.21. The van der Waals surface area contributed by atoms with E-state index in [1.807, 2.05) is 24.3 Å². The van der Waals surface area contributed by atoms with Crippen molar-refractivity contribution in [3.63, 3.8) is 0 Å². The Kier molecular flexibility index (Phi) is 5.87. The first-order valence-corrected chi connectivity index (χ1v) is 5.99. The summed E-state index contributed by atoms with van der Waals surface area (Å²) in [6, 6.07) is 7.90. The van der Waals surface area contributed by atoms with Gasteiger partial charge in [-0.2, -0.15) is 5.10 Å². The molecule has 2 N–H and O–H groups in total. The summed E-state index contributed by atoms with van der Waals surface area (Å²) in [6.45, 7) is 5.61. The van der Waals surface area contributed by atoms with Gasteiger partial charge in [0, 0.05) is 18.8 Å². The van der Waals surface area contributed by atoms with Crippen molar-refractivity contribution in [1.29, 1.82) is 0 Å². The van der Waals surface area contributed by atoms with Crippen molar-refractivity contribution in [3.05, 3.63) is 29.8 Å². The fourth-order valence-electron chi connectivity index (χ4n) is 1.57. The molecule has 0 radical (unpaired) electrons. The van der Waals surface area contributed by atoms with Crippen LogP contribution in [0.5, 0.6) is 0 Å². The second kappa shape index (κ2) is 7.45. The summed E-state index contributed by atoms with van der Waals surface area (Å²) in [6.07, 6.45) is 1.54. The summed E-state index contributed by atoms with van der Waals surface area (Å²) in [7, 11) is 0. The molecule has 0 atom stereocenters. The van der Waals surface area contributed by atoms with Crippen LogP contribution in [0.4, 0.5) is 5.69 Å². The number of hydrogen-bond acceptors (Lipinski definition) is 4. The molecule has 0 aliphatic rings. The van der Waals surface area contributed by atoms with Crippen LogP contribution in [0.25, 0.3) is 0 Å². The number of aliphatic hydroxyl groups excluding tert-OH is 1. The molecule has 0 aromatic heterocycles. The highest BCUT2D eigenvalue weighted by atomic mass is 16.3. The maximum atomic E-state index is 10.7. The van der Waals surface area contributed by atoms with Crippen molar-refractivity contribution in [1.82, 2.24) is 5.43 Å². The molecule has 0 saturated carbocycles. The normalized spacial score (nSPS) is 10.6. The predicted molar refractivity (Wildman–Crippen MR) is 72.8 cm³/mol. The molecular weight excluding hydrogens is 230 g/mol. The molecule has 98 valence electrons. The van der Waals surface area contributed by atoms with Crippen molar-refractivity contribution < 1.29 is 9.90 Å². The average molecular weight is 249 g/mol. The largest absolute Gasteiger partial charge is 0.386 e. The third kappa shape index (κ3) is 4.18. The summed E-state index contributed by atoms with van der Waals surface area (Å²) in [5, 5.41) is 12.2. The van der Waals surface area contributed by atoms with E-state index in [1.165, 1.54) is 0 Å². The number of amides is 1. The van der Waals surface area contributed by atoms with Crippen LogP contribution < -0.4 is 10.3 Å². The summed E-state index contributed by atoms with van der Waals surface area (Å²) in [4.78, 5) is 13.0. The molecule has 0 unspecified atom stereocenters. The molecule has 1 aromatic rings. The number of nitrogens with one attached hydrogen (secondary N) is 1. The summed E-state index contributed by atoms with van der Waals surface area (Å²) in [5.41, 5.74) is 4.27. The number of benzene rings is 1. The van der Waals surface area contributed by atoms with Crippen molar-refractivity contribution in [2.24, 2.45) is 5.10 Å². The molecule has 0 aliphatic carbocycles. The minimum absolute atomic E-state index is 0.522. The zero-order valence-corrected chi connectivity index (χ0v) is 10.8. The van der Waals surface area contributed by atoms with Gasteiger partial charge >= 0.3 is 0 Å². The van der Waals surface area contributed by atoms with Crippen LogP contribution in [-0.4, -0.2) is 36.9 Å². The average Bonchev–Trinajstić information content (AvgIpc) is 2.41. The lowest BCUT2D eigenvalue weighted by atomic mass is 10.2. The van der Waals surface area contributed by atoms with Crippen LogP contribution in [0, 0.1) is 0 Å². The van der Waals surface area contributed by atoms with E-state index in [2.05, 4.69) is 29.3 Å². The first-order chi connectivity index (χ1) is 8.71. The second-order valence-electron chi connectivity index (χ2n) is 3.72. The Morgan fingerprint density at radius 3 is 2.44 bits per heavy atom. The van der Waals surface area contributed by atoms with Crippen LogP contribution in [0.2, 0.25) is 0 Å². The van der Waals surface area contributed by atoms with Crippen LogP contribution >= 0.6 is 0 Å². The van der Waals surface area contributed by atoms with E-state index in [0.29, 0.717) is 0 Å². The van der Waals surface area contributed by atoms with E-state index >= 15 is 0 Å². The third-order valence-corrected chi connectivity index (χ3v) is 2.57. The van der Waals surface area contributed by atoms with Gasteiger partial charge in [-0.15, -0.1) is 0 Å². The number of carbonyl (C=O) groups excluding carboxylic acids is 1. The van der Waals surface area contributed by atoms with Gasteiger partial charge in [0.05, 0.1) is 6.21 Å². The van der Waals surface area contributed by atoms with Crippen molar-refractivity contribution in [3.8, 4) is 0 Å². The maximum absolute atomic E-state index is 10.7. The van der Waals surface area contributed by atoms with Gasteiger partial charge in [-0.25, -0.2) is 5.43 Å². The highest BCUT2D eigenvalue weighted by Crippen LogP contribution is 2.13. The molecule has 5 nitrogen and oxygen atoms in total. The summed E-state index contributed by atoms with van der Waals surface area (Å²) in [5.74, 6) is -0.522. The number of anilines is 1. The lowest BCUT2D eigenvalue weighted by molar-refractivity contribution is -0.123. The smallest absolute Gasteiger partial charge is 0.265 e.